The zero-order valence-corrected chi connectivity index (χ0v) is 8.96. The number of aliphatic hydroxyl groups is 1. The highest BCUT2D eigenvalue weighted by Gasteiger charge is 2.39. The summed E-state index contributed by atoms with van der Waals surface area (Å²) in [6.07, 6.45) is 3.92. The SMILES string of the molecule is CC1CCNC(C2(O)CCOCC2)C1. The second-order valence-corrected chi connectivity index (χ2v) is 4.85. The number of rotatable bonds is 1. The molecule has 2 N–H and O–H groups in total. The molecule has 0 aromatic rings. The summed E-state index contributed by atoms with van der Waals surface area (Å²) in [6.45, 7) is 4.75. The molecule has 2 heterocycles. The summed E-state index contributed by atoms with van der Waals surface area (Å²) in [5.41, 5.74) is -0.507. The molecule has 2 aliphatic heterocycles. The van der Waals surface area contributed by atoms with Crippen LogP contribution in [-0.4, -0.2) is 36.5 Å². The van der Waals surface area contributed by atoms with Crippen molar-refractivity contribution in [2.75, 3.05) is 19.8 Å². The van der Waals surface area contributed by atoms with Crippen LogP contribution in [0.5, 0.6) is 0 Å². The van der Waals surface area contributed by atoms with Crippen molar-refractivity contribution in [3.8, 4) is 0 Å². The van der Waals surface area contributed by atoms with Gasteiger partial charge < -0.3 is 15.2 Å². The van der Waals surface area contributed by atoms with E-state index in [2.05, 4.69) is 12.2 Å². The molecule has 2 unspecified atom stereocenters. The summed E-state index contributed by atoms with van der Waals surface area (Å²) in [7, 11) is 0. The highest BCUT2D eigenvalue weighted by molar-refractivity contribution is 4.95. The minimum absolute atomic E-state index is 0.287. The van der Waals surface area contributed by atoms with Crippen molar-refractivity contribution in [3.05, 3.63) is 0 Å². The van der Waals surface area contributed by atoms with Crippen LogP contribution < -0.4 is 5.32 Å². The molecule has 0 spiro atoms. The van der Waals surface area contributed by atoms with Crippen LogP contribution in [0.15, 0.2) is 0 Å². The average molecular weight is 199 g/mol. The summed E-state index contributed by atoms with van der Waals surface area (Å²) >= 11 is 0. The van der Waals surface area contributed by atoms with Gasteiger partial charge in [0.15, 0.2) is 0 Å². The minimum atomic E-state index is -0.507. The van der Waals surface area contributed by atoms with E-state index in [0.29, 0.717) is 13.2 Å². The van der Waals surface area contributed by atoms with Gasteiger partial charge in [-0.05, 0) is 25.3 Å². The van der Waals surface area contributed by atoms with E-state index in [0.717, 1.165) is 31.7 Å². The third-order valence-electron chi connectivity index (χ3n) is 3.67. The fourth-order valence-corrected chi connectivity index (χ4v) is 2.59. The molecule has 0 aromatic carbocycles. The first-order valence-corrected chi connectivity index (χ1v) is 5.74. The molecule has 14 heavy (non-hydrogen) atoms. The Morgan fingerprint density at radius 2 is 2.07 bits per heavy atom. The Balaban J connectivity index is 1.97. The van der Waals surface area contributed by atoms with E-state index < -0.39 is 5.60 Å². The van der Waals surface area contributed by atoms with Gasteiger partial charge in [0.05, 0.1) is 5.60 Å². The molecule has 0 bridgehead atoms. The van der Waals surface area contributed by atoms with Crippen molar-refractivity contribution in [2.45, 2.75) is 44.2 Å². The van der Waals surface area contributed by atoms with E-state index in [9.17, 15) is 5.11 Å². The quantitative estimate of drug-likeness (QED) is 0.660. The summed E-state index contributed by atoms with van der Waals surface area (Å²) < 4.78 is 5.29. The monoisotopic (exact) mass is 199 g/mol. The molecule has 82 valence electrons. The van der Waals surface area contributed by atoms with E-state index in [1.165, 1.54) is 6.42 Å². The van der Waals surface area contributed by atoms with Gasteiger partial charge in [0.1, 0.15) is 0 Å². The number of ether oxygens (including phenoxy) is 1. The van der Waals surface area contributed by atoms with Gasteiger partial charge in [0.2, 0.25) is 0 Å². The Morgan fingerprint density at radius 1 is 1.36 bits per heavy atom. The van der Waals surface area contributed by atoms with E-state index in [4.69, 9.17) is 4.74 Å². The molecular formula is C11H21NO2. The van der Waals surface area contributed by atoms with Crippen molar-refractivity contribution < 1.29 is 9.84 Å². The molecule has 2 rings (SSSR count). The van der Waals surface area contributed by atoms with Crippen LogP contribution in [0.25, 0.3) is 0 Å². The van der Waals surface area contributed by atoms with Gasteiger partial charge >= 0.3 is 0 Å². The molecular weight excluding hydrogens is 178 g/mol. The van der Waals surface area contributed by atoms with Crippen molar-refractivity contribution in [2.24, 2.45) is 5.92 Å². The van der Waals surface area contributed by atoms with Crippen LogP contribution in [0.3, 0.4) is 0 Å². The van der Waals surface area contributed by atoms with E-state index in [-0.39, 0.29) is 6.04 Å². The lowest BCUT2D eigenvalue weighted by molar-refractivity contribution is -0.0925. The molecule has 0 aromatic heterocycles. The fourth-order valence-electron chi connectivity index (χ4n) is 2.59. The summed E-state index contributed by atoms with van der Waals surface area (Å²) in [5.74, 6) is 0.744. The third-order valence-corrected chi connectivity index (χ3v) is 3.67. The predicted molar refractivity (Wildman–Crippen MR) is 55.2 cm³/mol. The Kier molecular flexibility index (Phi) is 3.10. The van der Waals surface area contributed by atoms with Gasteiger partial charge in [-0.15, -0.1) is 0 Å². The number of piperidine rings is 1. The van der Waals surface area contributed by atoms with Crippen molar-refractivity contribution >= 4 is 0 Å². The van der Waals surface area contributed by atoms with Crippen LogP contribution in [0.1, 0.15) is 32.6 Å². The normalized spacial score (nSPS) is 38.1. The van der Waals surface area contributed by atoms with Gasteiger partial charge in [-0.3, -0.25) is 0 Å². The highest BCUT2D eigenvalue weighted by Crippen LogP contribution is 2.30. The van der Waals surface area contributed by atoms with E-state index in [1.807, 2.05) is 0 Å². The maximum atomic E-state index is 10.5. The maximum Gasteiger partial charge on any atom is 0.0843 e. The van der Waals surface area contributed by atoms with E-state index >= 15 is 0 Å². The number of hydrogen-bond acceptors (Lipinski definition) is 3. The van der Waals surface area contributed by atoms with Gasteiger partial charge in [-0.25, -0.2) is 0 Å². The zero-order valence-electron chi connectivity index (χ0n) is 8.96. The molecule has 0 radical (unpaired) electrons. The summed E-state index contributed by atoms with van der Waals surface area (Å²) in [4.78, 5) is 0. The Morgan fingerprint density at radius 3 is 2.71 bits per heavy atom. The lowest BCUT2D eigenvalue weighted by Gasteiger charge is -2.43. The van der Waals surface area contributed by atoms with Crippen molar-refractivity contribution in [1.29, 1.82) is 0 Å². The third kappa shape index (κ3) is 2.10. The minimum Gasteiger partial charge on any atom is -0.388 e. The van der Waals surface area contributed by atoms with Crippen LogP contribution in [0, 0.1) is 5.92 Å². The lowest BCUT2D eigenvalue weighted by Crippen LogP contribution is -2.56. The second-order valence-electron chi connectivity index (χ2n) is 4.85. The van der Waals surface area contributed by atoms with Gasteiger partial charge in [0, 0.05) is 32.1 Å². The summed E-state index contributed by atoms with van der Waals surface area (Å²) in [5, 5.41) is 13.9. The van der Waals surface area contributed by atoms with E-state index in [1.54, 1.807) is 0 Å². The Hall–Kier alpha value is -0.120. The Labute approximate surface area is 85.8 Å². The standard InChI is InChI=1S/C11H21NO2/c1-9-2-5-12-10(8-9)11(13)3-6-14-7-4-11/h9-10,12-13H,2-8H2,1H3. The predicted octanol–water partition coefficient (Wildman–Crippen LogP) is 0.916. The smallest absolute Gasteiger partial charge is 0.0843 e. The van der Waals surface area contributed by atoms with Crippen LogP contribution in [0.4, 0.5) is 0 Å². The average Bonchev–Trinajstić information content (AvgIpc) is 2.19. The topological polar surface area (TPSA) is 41.5 Å². The molecule has 0 aliphatic carbocycles. The zero-order chi connectivity index (χ0) is 10.0. The summed E-state index contributed by atoms with van der Waals surface area (Å²) in [6, 6.07) is 0.287. The Bertz CT molecular complexity index is 190. The van der Waals surface area contributed by atoms with Gasteiger partial charge in [0.25, 0.3) is 0 Å². The van der Waals surface area contributed by atoms with Gasteiger partial charge in [-0.2, -0.15) is 0 Å². The van der Waals surface area contributed by atoms with Gasteiger partial charge in [-0.1, -0.05) is 6.92 Å². The van der Waals surface area contributed by atoms with Crippen LogP contribution >= 0.6 is 0 Å². The first-order valence-electron chi connectivity index (χ1n) is 5.74. The van der Waals surface area contributed by atoms with Crippen molar-refractivity contribution in [1.82, 2.24) is 5.32 Å². The first kappa shape index (κ1) is 10.4. The molecule has 2 fully saturated rings. The second kappa shape index (κ2) is 4.17. The molecule has 0 amide bonds. The molecule has 3 nitrogen and oxygen atoms in total. The molecule has 0 saturated carbocycles. The lowest BCUT2D eigenvalue weighted by atomic mass is 9.79. The first-order chi connectivity index (χ1) is 6.71. The number of hydrogen-bond donors (Lipinski definition) is 2. The highest BCUT2D eigenvalue weighted by atomic mass is 16.5. The largest absolute Gasteiger partial charge is 0.388 e. The fraction of sp³-hybridized carbons (Fsp3) is 1.00. The van der Waals surface area contributed by atoms with Crippen molar-refractivity contribution in [3.63, 3.8) is 0 Å². The molecule has 2 saturated heterocycles. The maximum absolute atomic E-state index is 10.5. The van der Waals surface area contributed by atoms with Crippen LogP contribution in [-0.2, 0) is 4.74 Å². The number of nitrogens with one attached hydrogen (secondary N) is 1. The molecule has 2 aliphatic rings. The van der Waals surface area contributed by atoms with Crippen LogP contribution in [0.2, 0.25) is 0 Å². The molecule has 3 heteroatoms. The molecule has 2 atom stereocenters.